The summed E-state index contributed by atoms with van der Waals surface area (Å²) in [6.45, 7) is 6.84. The summed E-state index contributed by atoms with van der Waals surface area (Å²) in [7, 11) is 1.62. The molecule has 0 saturated heterocycles. The third-order valence-electron chi connectivity index (χ3n) is 3.56. The minimum atomic E-state index is -0.535. The molecule has 1 aromatic carbocycles. The van der Waals surface area contributed by atoms with Crippen molar-refractivity contribution in [3.05, 3.63) is 35.4 Å². The molecule has 22 heavy (non-hydrogen) atoms. The maximum absolute atomic E-state index is 11.9. The predicted octanol–water partition coefficient (Wildman–Crippen LogP) is 3.65. The molecule has 0 N–H and O–H groups in total. The van der Waals surface area contributed by atoms with Crippen LogP contribution in [0.1, 0.15) is 39.7 Å². The molecule has 0 bridgehead atoms. The van der Waals surface area contributed by atoms with Gasteiger partial charge in [-0.05, 0) is 30.2 Å². The summed E-state index contributed by atoms with van der Waals surface area (Å²) >= 11 is 0. The molecule has 0 heterocycles. The summed E-state index contributed by atoms with van der Waals surface area (Å²) in [5.74, 6) is 0.112. The van der Waals surface area contributed by atoms with Crippen molar-refractivity contribution in [1.82, 2.24) is 0 Å². The molecule has 4 nitrogen and oxygen atoms in total. The zero-order valence-electron chi connectivity index (χ0n) is 13.9. The molecule has 0 saturated carbocycles. The van der Waals surface area contributed by atoms with Crippen LogP contribution in [0.3, 0.4) is 0 Å². The van der Waals surface area contributed by atoms with Crippen LogP contribution in [-0.4, -0.2) is 25.0 Å². The van der Waals surface area contributed by atoms with E-state index in [0.29, 0.717) is 6.42 Å². The molecule has 120 valence electrons. The molecule has 4 heteroatoms. The minimum Gasteiger partial charge on any atom is -0.497 e. The molecule has 0 unspecified atom stereocenters. The molecule has 0 aromatic heterocycles. The Balaban J connectivity index is 3.02. The lowest BCUT2D eigenvalue weighted by molar-refractivity contribution is -0.148. The zero-order chi connectivity index (χ0) is 16.7. The van der Waals surface area contributed by atoms with E-state index in [-0.39, 0.29) is 17.7 Å². The standard InChI is InChI=1S/C18H24O4/c1-6-17(20)13(3)18(22-14(4)19)12(2)11-15-7-9-16(21-5)10-8-15/h7-11,13,18H,6H2,1-5H3/b12-11+/t13-,18-/m1/s1. The number of carbonyl (C=O) groups is 2. The molecule has 0 amide bonds. The summed E-state index contributed by atoms with van der Waals surface area (Å²) in [4.78, 5) is 23.3. The largest absolute Gasteiger partial charge is 0.497 e. The number of esters is 1. The summed E-state index contributed by atoms with van der Waals surface area (Å²) in [5, 5.41) is 0. The first-order chi connectivity index (χ1) is 10.4. The average molecular weight is 304 g/mol. The van der Waals surface area contributed by atoms with Crippen molar-refractivity contribution in [3.63, 3.8) is 0 Å². The molecule has 1 rings (SSSR count). The Kier molecular flexibility index (Phi) is 6.83. The van der Waals surface area contributed by atoms with Gasteiger partial charge < -0.3 is 9.47 Å². The number of benzene rings is 1. The summed E-state index contributed by atoms with van der Waals surface area (Å²) in [6, 6.07) is 7.56. The lowest BCUT2D eigenvalue weighted by Gasteiger charge is -2.23. The lowest BCUT2D eigenvalue weighted by atomic mass is 9.92. The van der Waals surface area contributed by atoms with Crippen molar-refractivity contribution in [2.45, 2.75) is 40.2 Å². The number of hydrogen-bond acceptors (Lipinski definition) is 4. The second-order valence-corrected chi connectivity index (χ2v) is 5.30. The van der Waals surface area contributed by atoms with E-state index in [1.165, 1.54) is 6.92 Å². The maximum Gasteiger partial charge on any atom is 0.303 e. The molecule has 0 aliphatic heterocycles. The SMILES string of the molecule is CCC(=O)[C@@H](C)[C@H](OC(C)=O)/C(C)=C/c1ccc(OC)cc1. The first-order valence-corrected chi connectivity index (χ1v) is 7.41. The molecular formula is C18H24O4. The Labute approximate surface area is 132 Å². The predicted molar refractivity (Wildman–Crippen MR) is 86.7 cm³/mol. The third kappa shape index (κ3) is 5.02. The Morgan fingerprint density at radius 3 is 2.23 bits per heavy atom. The highest BCUT2D eigenvalue weighted by molar-refractivity contribution is 5.82. The number of hydrogen-bond donors (Lipinski definition) is 0. The summed E-state index contributed by atoms with van der Waals surface area (Å²) in [5.41, 5.74) is 1.81. The van der Waals surface area contributed by atoms with Gasteiger partial charge in [0.2, 0.25) is 0 Å². The van der Waals surface area contributed by atoms with Crippen molar-refractivity contribution in [3.8, 4) is 5.75 Å². The maximum atomic E-state index is 11.9. The number of methoxy groups -OCH3 is 1. The van der Waals surface area contributed by atoms with E-state index >= 15 is 0 Å². The van der Waals surface area contributed by atoms with Crippen LogP contribution in [0.15, 0.2) is 29.8 Å². The van der Waals surface area contributed by atoms with Crippen LogP contribution in [0, 0.1) is 5.92 Å². The third-order valence-corrected chi connectivity index (χ3v) is 3.56. The smallest absolute Gasteiger partial charge is 0.303 e. The first kappa shape index (κ1) is 18.0. The van der Waals surface area contributed by atoms with E-state index < -0.39 is 6.10 Å². The Morgan fingerprint density at radius 2 is 1.77 bits per heavy atom. The van der Waals surface area contributed by atoms with E-state index in [1.807, 2.05) is 44.2 Å². The lowest BCUT2D eigenvalue weighted by Crippen LogP contribution is -2.30. The molecular weight excluding hydrogens is 280 g/mol. The second-order valence-electron chi connectivity index (χ2n) is 5.30. The number of ketones is 1. The molecule has 0 radical (unpaired) electrons. The van der Waals surface area contributed by atoms with Gasteiger partial charge in [-0.25, -0.2) is 0 Å². The number of carbonyl (C=O) groups excluding carboxylic acids is 2. The van der Waals surface area contributed by atoms with Crippen molar-refractivity contribution >= 4 is 17.8 Å². The minimum absolute atomic E-state index is 0.0775. The molecule has 0 aliphatic carbocycles. The Hall–Kier alpha value is -2.10. The molecule has 2 atom stereocenters. The highest BCUT2D eigenvalue weighted by Gasteiger charge is 2.26. The van der Waals surface area contributed by atoms with E-state index in [9.17, 15) is 9.59 Å². The van der Waals surface area contributed by atoms with Gasteiger partial charge in [0, 0.05) is 13.3 Å². The highest BCUT2D eigenvalue weighted by Crippen LogP contribution is 2.22. The Bertz CT molecular complexity index is 543. The van der Waals surface area contributed by atoms with Gasteiger partial charge in [-0.15, -0.1) is 0 Å². The van der Waals surface area contributed by atoms with Crippen LogP contribution >= 0.6 is 0 Å². The van der Waals surface area contributed by atoms with Gasteiger partial charge in [-0.2, -0.15) is 0 Å². The van der Waals surface area contributed by atoms with Crippen molar-refractivity contribution in [1.29, 1.82) is 0 Å². The fourth-order valence-electron chi connectivity index (χ4n) is 2.30. The van der Waals surface area contributed by atoms with Gasteiger partial charge in [-0.1, -0.05) is 32.1 Å². The number of rotatable bonds is 7. The van der Waals surface area contributed by atoms with Gasteiger partial charge in [0.25, 0.3) is 0 Å². The normalized spacial score (nSPS) is 14.1. The molecule has 0 spiro atoms. The van der Waals surface area contributed by atoms with Gasteiger partial charge in [0.05, 0.1) is 13.0 Å². The van der Waals surface area contributed by atoms with Crippen LogP contribution in [0.4, 0.5) is 0 Å². The monoisotopic (exact) mass is 304 g/mol. The van der Waals surface area contributed by atoms with Crippen LogP contribution < -0.4 is 4.74 Å². The van der Waals surface area contributed by atoms with Crippen LogP contribution in [0.5, 0.6) is 5.75 Å². The molecule has 0 aliphatic rings. The average Bonchev–Trinajstić information content (AvgIpc) is 2.51. The first-order valence-electron chi connectivity index (χ1n) is 7.41. The van der Waals surface area contributed by atoms with Crippen molar-refractivity contribution in [2.75, 3.05) is 7.11 Å². The van der Waals surface area contributed by atoms with Gasteiger partial charge in [0.1, 0.15) is 17.6 Å². The number of ether oxygens (including phenoxy) is 2. The zero-order valence-corrected chi connectivity index (χ0v) is 13.9. The van der Waals surface area contributed by atoms with Crippen LogP contribution in [0.2, 0.25) is 0 Å². The van der Waals surface area contributed by atoms with E-state index in [2.05, 4.69) is 0 Å². The van der Waals surface area contributed by atoms with Gasteiger partial charge in [-0.3, -0.25) is 9.59 Å². The summed E-state index contributed by atoms with van der Waals surface area (Å²) < 4.78 is 10.5. The van der Waals surface area contributed by atoms with Crippen molar-refractivity contribution < 1.29 is 19.1 Å². The van der Waals surface area contributed by atoms with E-state index in [0.717, 1.165) is 16.9 Å². The molecule has 1 aromatic rings. The van der Waals surface area contributed by atoms with E-state index in [4.69, 9.17) is 9.47 Å². The van der Waals surface area contributed by atoms with Crippen LogP contribution in [-0.2, 0) is 14.3 Å². The number of Topliss-reactive ketones (excluding diaryl/α,β-unsaturated/α-hetero) is 1. The topological polar surface area (TPSA) is 52.6 Å². The summed E-state index contributed by atoms with van der Waals surface area (Å²) in [6.07, 6.45) is 1.81. The fraction of sp³-hybridized carbons (Fsp3) is 0.444. The quantitative estimate of drug-likeness (QED) is 0.722. The van der Waals surface area contributed by atoms with Gasteiger partial charge >= 0.3 is 5.97 Å². The van der Waals surface area contributed by atoms with Gasteiger partial charge in [0.15, 0.2) is 0 Å². The Morgan fingerprint density at radius 1 is 1.18 bits per heavy atom. The van der Waals surface area contributed by atoms with Crippen LogP contribution in [0.25, 0.3) is 6.08 Å². The van der Waals surface area contributed by atoms with Crippen molar-refractivity contribution in [2.24, 2.45) is 5.92 Å². The highest BCUT2D eigenvalue weighted by atomic mass is 16.5. The van der Waals surface area contributed by atoms with E-state index in [1.54, 1.807) is 14.0 Å². The second kappa shape index (κ2) is 8.37. The fourth-order valence-corrected chi connectivity index (χ4v) is 2.30. The molecule has 0 fully saturated rings.